The highest BCUT2D eigenvalue weighted by Crippen LogP contribution is 2.30. The lowest BCUT2D eigenvalue weighted by Crippen LogP contribution is -2.10. The van der Waals surface area contributed by atoms with E-state index in [0.717, 1.165) is 6.42 Å². The maximum absolute atomic E-state index is 9.55. The summed E-state index contributed by atoms with van der Waals surface area (Å²) < 4.78 is 0. The fourth-order valence-electron chi connectivity index (χ4n) is 1.95. The number of nitrogens with two attached hydrogens (primary N) is 1. The molecule has 0 fully saturated rings. The monoisotopic (exact) mass is 345 g/mol. The molecule has 4 N–H and O–H groups in total. The van der Waals surface area contributed by atoms with Crippen molar-refractivity contribution in [3.05, 3.63) is 71.5 Å². The molecular weight excluding hydrogens is 326 g/mol. The summed E-state index contributed by atoms with van der Waals surface area (Å²) in [5.74, 6) is -2.51. The lowest BCUT2D eigenvalue weighted by atomic mass is 9.95. The SMILES string of the molecule is C=CCC(N)c1ccccc1-c1ccsc1.O=C(O)/C=C/C(=O)O. The fourth-order valence-corrected chi connectivity index (χ4v) is 2.61. The van der Waals surface area contributed by atoms with E-state index in [0.29, 0.717) is 12.2 Å². The first kappa shape index (κ1) is 19.3. The third-order valence-electron chi connectivity index (χ3n) is 2.98. The van der Waals surface area contributed by atoms with Gasteiger partial charge in [0.05, 0.1) is 0 Å². The second-order valence-corrected chi connectivity index (χ2v) is 5.52. The Bertz CT molecular complexity index is 692. The number of aliphatic carboxylic acids is 2. The number of benzene rings is 1. The van der Waals surface area contributed by atoms with Gasteiger partial charge in [0, 0.05) is 18.2 Å². The van der Waals surface area contributed by atoms with Crippen LogP contribution < -0.4 is 5.73 Å². The number of rotatable bonds is 6. The lowest BCUT2D eigenvalue weighted by Gasteiger charge is -2.14. The highest BCUT2D eigenvalue weighted by molar-refractivity contribution is 7.08. The van der Waals surface area contributed by atoms with Gasteiger partial charge in [-0.05, 0) is 39.9 Å². The summed E-state index contributed by atoms with van der Waals surface area (Å²) in [7, 11) is 0. The van der Waals surface area contributed by atoms with E-state index >= 15 is 0 Å². The molecule has 1 heterocycles. The second kappa shape index (κ2) is 10.1. The van der Waals surface area contributed by atoms with E-state index in [9.17, 15) is 9.59 Å². The first-order valence-electron chi connectivity index (χ1n) is 7.07. The van der Waals surface area contributed by atoms with E-state index in [-0.39, 0.29) is 6.04 Å². The summed E-state index contributed by atoms with van der Waals surface area (Å²) in [4.78, 5) is 19.1. The average molecular weight is 345 g/mol. The summed E-state index contributed by atoms with van der Waals surface area (Å²) in [5.41, 5.74) is 9.82. The van der Waals surface area contributed by atoms with Crippen molar-refractivity contribution in [3.8, 4) is 11.1 Å². The Morgan fingerprint density at radius 1 is 1.17 bits per heavy atom. The summed E-state index contributed by atoms with van der Waals surface area (Å²) >= 11 is 1.71. The van der Waals surface area contributed by atoms with Gasteiger partial charge in [-0.3, -0.25) is 0 Å². The molecule has 2 aromatic rings. The van der Waals surface area contributed by atoms with Crippen molar-refractivity contribution in [1.82, 2.24) is 0 Å². The zero-order valence-electron chi connectivity index (χ0n) is 13.0. The largest absolute Gasteiger partial charge is 0.478 e. The molecule has 0 saturated heterocycles. The third-order valence-corrected chi connectivity index (χ3v) is 3.66. The molecule has 24 heavy (non-hydrogen) atoms. The van der Waals surface area contributed by atoms with Crippen molar-refractivity contribution in [2.45, 2.75) is 12.5 Å². The van der Waals surface area contributed by atoms with Crippen LogP contribution in [0, 0.1) is 0 Å². The Balaban J connectivity index is 0.000000307. The van der Waals surface area contributed by atoms with Crippen LogP contribution in [-0.2, 0) is 9.59 Å². The molecule has 0 spiro atoms. The molecule has 0 aliphatic rings. The van der Waals surface area contributed by atoms with Crippen LogP contribution in [0.5, 0.6) is 0 Å². The number of thiophene rings is 1. The highest BCUT2D eigenvalue weighted by atomic mass is 32.1. The molecule has 0 radical (unpaired) electrons. The Morgan fingerprint density at radius 2 is 1.79 bits per heavy atom. The molecule has 0 aliphatic heterocycles. The van der Waals surface area contributed by atoms with Gasteiger partial charge < -0.3 is 15.9 Å². The van der Waals surface area contributed by atoms with E-state index in [1.165, 1.54) is 16.7 Å². The van der Waals surface area contributed by atoms with Crippen LogP contribution in [0.25, 0.3) is 11.1 Å². The van der Waals surface area contributed by atoms with Gasteiger partial charge in [0.2, 0.25) is 0 Å². The van der Waals surface area contributed by atoms with Gasteiger partial charge in [-0.2, -0.15) is 11.3 Å². The second-order valence-electron chi connectivity index (χ2n) is 4.74. The van der Waals surface area contributed by atoms with E-state index in [2.05, 4.69) is 41.6 Å². The molecule has 1 aromatic carbocycles. The van der Waals surface area contributed by atoms with E-state index in [1.54, 1.807) is 11.3 Å². The fraction of sp³-hybridized carbons (Fsp3) is 0.111. The molecule has 5 nitrogen and oxygen atoms in total. The smallest absolute Gasteiger partial charge is 0.328 e. The third kappa shape index (κ3) is 6.60. The standard InChI is InChI=1S/C14H15NS.C4H4O4/c1-2-5-14(15)13-7-4-3-6-12(13)11-8-9-16-10-11;5-3(6)1-2-4(7)8/h2-4,6-10,14H,1,5,15H2;1-2H,(H,5,6)(H,7,8)/b;2-1+. The lowest BCUT2D eigenvalue weighted by molar-refractivity contribution is -0.134. The van der Waals surface area contributed by atoms with Crippen molar-refractivity contribution in [3.63, 3.8) is 0 Å². The number of hydrogen-bond acceptors (Lipinski definition) is 4. The van der Waals surface area contributed by atoms with Crippen LogP contribution in [0.3, 0.4) is 0 Å². The van der Waals surface area contributed by atoms with Gasteiger partial charge in [-0.1, -0.05) is 30.3 Å². The van der Waals surface area contributed by atoms with Crippen LogP contribution >= 0.6 is 11.3 Å². The van der Waals surface area contributed by atoms with Crippen LogP contribution in [0.1, 0.15) is 18.0 Å². The van der Waals surface area contributed by atoms with Gasteiger partial charge >= 0.3 is 11.9 Å². The van der Waals surface area contributed by atoms with Gasteiger partial charge in [0.25, 0.3) is 0 Å². The number of hydrogen-bond donors (Lipinski definition) is 3. The minimum absolute atomic E-state index is 0.0357. The summed E-state index contributed by atoms with van der Waals surface area (Å²) in [5, 5.41) is 19.9. The van der Waals surface area contributed by atoms with E-state index in [4.69, 9.17) is 15.9 Å². The molecule has 0 aliphatic carbocycles. The van der Waals surface area contributed by atoms with Gasteiger partial charge in [0.15, 0.2) is 0 Å². The van der Waals surface area contributed by atoms with Crippen molar-refractivity contribution in [1.29, 1.82) is 0 Å². The predicted molar refractivity (Wildman–Crippen MR) is 95.9 cm³/mol. The summed E-state index contributed by atoms with van der Waals surface area (Å²) in [6.07, 6.45) is 3.79. The minimum atomic E-state index is -1.26. The van der Waals surface area contributed by atoms with Crippen molar-refractivity contribution < 1.29 is 19.8 Å². The van der Waals surface area contributed by atoms with Crippen LogP contribution in [0.4, 0.5) is 0 Å². The Kier molecular flexibility index (Phi) is 8.18. The zero-order chi connectivity index (χ0) is 17.9. The first-order chi connectivity index (χ1) is 11.5. The number of carbonyl (C=O) groups is 2. The minimum Gasteiger partial charge on any atom is -0.478 e. The quantitative estimate of drug-likeness (QED) is 0.547. The molecule has 6 heteroatoms. The molecule has 1 atom stereocenters. The maximum Gasteiger partial charge on any atom is 0.328 e. The molecule has 0 bridgehead atoms. The first-order valence-corrected chi connectivity index (χ1v) is 8.02. The van der Waals surface area contributed by atoms with E-state index < -0.39 is 11.9 Å². The number of carboxylic acids is 2. The summed E-state index contributed by atoms with van der Waals surface area (Å²) in [6.45, 7) is 3.74. The van der Waals surface area contributed by atoms with E-state index in [1.807, 2.05) is 12.1 Å². The molecule has 126 valence electrons. The van der Waals surface area contributed by atoms with Gasteiger partial charge in [0.1, 0.15) is 0 Å². The van der Waals surface area contributed by atoms with Crippen LogP contribution in [-0.4, -0.2) is 22.2 Å². The zero-order valence-corrected chi connectivity index (χ0v) is 13.8. The maximum atomic E-state index is 9.55. The Labute approximate surface area is 144 Å². The van der Waals surface area contributed by atoms with Crippen LogP contribution in [0.2, 0.25) is 0 Å². The van der Waals surface area contributed by atoms with Crippen molar-refractivity contribution >= 4 is 23.3 Å². The topological polar surface area (TPSA) is 101 Å². The molecule has 1 unspecified atom stereocenters. The molecule has 1 aromatic heterocycles. The summed E-state index contributed by atoms with van der Waals surface area (Å²) in [6, 6.07) is 10.5. The predicted octanol–water partition coefficient (Wildman–Crippen LogP) is 3.70. The molecule has 2 rings (SSSR count). The molecule has 0 saturated carbocycles. The van der Waals surface area contributed by atoms with Gasteiger partial charge in [-0.25, -0.2) is 9.59 Å². The highest BCUT2D eigenvalue weighted by Gasteiger charge is 2.10. The Hall–Kier alpha value is -2.70. The molecule has 0 amide bonds. The number of carboxylic acid groups (broad SMARTS) is 2. The normalized spacial score (nSPS) is 11.4. The Morgan fingerprint density at radius 3 is 2.29 bits per heavy atom. The van der Waals surface area contributed by atoms with Crippen LogP contribution in [0.15, 0.2) is 65.9 Å². The average Bonchev–Trinajstić information content (AvgIpc) is 3.08. The van der Waals surface area contributed by atoms with Crippen molar-refractivity contribution in [2.24, 2.45) is 5.73 Å². The van der Waals surface area contributed by atoms with Gasteiger partial charge in [-0.15, -0.1) is 6.58 Å². The van der Waals surface area contributed by atoms with Crippen molar-refractivity contribution in [2.75, 3.05) is 0 Å². The molecular formula is C18H19NO4S.